The van der Waals surface area contributed by atoms with Crippen LogP contribution in [0.25, 0.3) is 0 Å². The SMILES string of the molecule is CC(=O)N(C(=O)OC(C)C(C)C)C(=O)OC(C)C(C)C. The van der Waals surface area contributed by atoms with Gasteiger partial charge in [0.05, 0.1) is 0 Å². The van der Waals surface area contributed by atoms with Crippen molar-refractivity contribution in [2.45, 2.75) is 60.7 Å². The lowest BCUT2D eigenvalue weighted by Crippen LogP contribution is -2.44. The first kappa shape index (κ1) is 18.4. The molecule has 0 N–H and O–H groups in total. The molecule has 0 bridgehead atoms. The number of carbonyl (C=O) groups excluding carboxylic acids is 3. The van der Waals surface area contributed by atoms with Crippen LogP contribution in [0.15, 0.2) is 0 Å². The van der Waals surface area contributed by atoms with Crippen molar-refractivity contribution in [2.75, 3.05) is 0 Å². The van der Waals surface area contributed by atoms with Crippen LogP contribution in [0.2, 0.25) is 0 Å². The van der Waals surface area contributed by atoms with Gasteiger partial charge < -0.3 is 9.47 Å². The highest BCUT2D eigenvalue weighted by Crippen LogP contribution is 2.12. The maximum absolute atomic E-state index is 11.9. The number of hydrogen-bond acceptors (Lipinski definition) is 5. The molecule has 0 radical (unpaired) electrons. The normalized spacial score (nSPS) is 13.8. The molecule has 0 saturated carbocycles. The van der Waals surface area contributed by atoms with Gasteiger partial charge in [0.2, 0.25) is 5.91 Å². The summed E-state index contributed by atoms with van der Waals surface area (Å²) in [6.07, 6.45) is -2.81. The average Bonchev–Trinajstić information content (AvgIpc) is 2.27. The molecule has 0 fully saturated rings. The van der Waals surface area contributed by atoms with Gasteiger partial charge in [0.25, 0.3) is 0 Å². The molecular formula is C14H25NO5. The van der Waals surface area contributed by atoms with Gasteiger partial charge >= 0.3 is 12.2 Å². The summed E-state index contributed by atoms with van der Waals surface area (Å²) in [5, 5.41) is 0. The molecule has 0 aliphatic heterocycles. The van der Waals surface area contributed by atoms with Crippen LogP contribution >= 0.6 is 0 Å². The first-order chi connectivity index (χ1) is 9.07. The summed E-state index contributed by atoms with van der Waals surface area (Å²) >= 11 is 0. The van der Waals surface area contributed by atoms with Crippen molar-refractivity contribution in [3.8, 4) is 0 Å². The van der Waals surface area contributed by atoms with E-state index < -0.39 is 30.3 Å². The van der Waals surface area contributed by atoms with Gasteiger partial charge in [0.15, 0.2) is 0 Å². The van der Waals surface area contributed by atoms with Gasteiger partial charge in [-0.25, -0.2) is 9.59 Å². The van der Waals surface area contributed by atoms with E-state index in [0.29, 0.717) is 4.90 Å². The van der Waals surface area contributed by atoms with Gasteiger partial charge in [0.1, 0.15) is 12.2 Å². The molecular weight excluding hydrogens is 262 g/mol. The van der Waals surface area contributed by atoms with Crippen molar-refractivity contribution < 1.29 is 23.9 Å². The van der Waals surface area contributed by atoms with Crippen LogP contribution in [-0.4, -0.2) is 35.2 Å². The van der Waals surface area contributed by atoms with E-state index in [1.54, 1.807) is 13.8 Å². The molecule has 6 heteroatoms. The molecule has 0 aromatic heterocycles. The van der Waals surface area contributed by atoms with E-state index in [4.69, 9.17) is 9.47 Å². The highest BCUT2D eigenvalue weighted by Gasteiger charge is 2.32. The topological polar surface area (TPSA) is 72.9 Å². The minimum atomic E-state index is -1.00. The zero-order valence-electron chi connectivity index (χ0n) is 13.3. The predicted molar refractivity (Wildman–Crippen MR) is 74.1 cm³/mol. The van der Waals surface area contributed by atoms with E-state index in [1.165, 1.54) is 0 Å². The molecule has 2 unspecified atom stereocenters. The number of ether oxygens (including phenoxy) is 2. The molecule has 0 aromatic carbocycles. The summed E-state index contributed by atoms with van der Waals surface area (Å²) in [5.41, 5.74) is 0. The Kier molecular flexibility index (Phi) is 7.24. The second-order valence-electron chi connectivity index (χ2n) is 5.52. The van der Waals surface area contributed by atoms with Crippen molar-refractivity contribution in [2.24, 2.45) is 11.8 Å². The quantitative estimate of drug-likeness (QED) is 0.794. The van der Waals surface area contributed by atoms with Crippen LogP contribution in [0.5, 0.6) is 0 Å². The molecule has 0 aromatic rings. The summed E-state index contributed by atoms with van der Waals surface area (Å²) in [6.45, 7) is 12.0. The Morgan fingerprint density at radius 1 is 0.750 bits per heavy atom. The van der Waals surface area contributed by atoms with Crippen LogP contribution in [0.4, 0.5) is 9.59 Å². The summed E-state index contributed by atoms with van der Waals surface area (Å²) in [7, 11) is 0. The Bertz CT molecular complexity index is 337. The van der Waals surface area contributed by atoms with E-state index in [0.717, 1.165) is 6.92 Å². The minimum Gasteiger partial charge on any atom is -0.445 e. The van der Waals surface area contributed by atoms with Crippen LogP contribution in [0.3, 0.4) is 0 Å². The molecule has 0 rings (SSSR count). The van der Waals surface area contributed by atoms with Crippen LogP contribution in [-0.2, 0) is 14.3 Å². The third kappa shape index (κ3) is 5.59. The van der Waals surface area contributed by atoms with E-state index in [9.17, 15) is 14.4 Å². The Labute approximate surface area is 120 Å². The lowest BCUT2D eigenvalue weighted by Gasteiger charge is -2.24. The molecule has 0 spiro atoms. The molecule has 20 heavy (non-hydrogen) atoms. The highest BCUT2D eigenvalue weighted by atomic mass is 16.6. The van der Waals surface area contributed by atoms with Crippen molar-refractivity contribution in [3.63, 3.8) is 0 Å². The maximum Gasteiger partial charge on any atom is 0.426 e. The first-order valence-corrected chi connectivity index (χ1v) is 6.79. The van der Waals surface area contributed by atoms with Gasteiger partial charge in [0, 0.05) is 6.92 Å². The maximum atomic E-state index is 11.9. The summed E-state index contributed by atoms with van der Waals surface area (Å²) in [5.74, 6) is -0.566. The third-order valence-corrected chi connectivity index (χ3v) is 3.13. The minimum absolute atomic E-state index is 0.0818. The fourth-order valence-corrected chi connectivity index (χ4v) is 1.03. The number of rotatable bonds is 4. The lowest BCUT2D eigenvalue weighted by molar-refractivity contribution is -0.126. The Morgan fingerprint density at radius 2 is 1.05 bits per heavy atom. The molecule has 3 amide bonds. The molecule has 0 aliphatic rings. The van der Waals surface area contributed by atoms with Gasteiger partial charge in [-0.2, -0.15) is 0 Å². The van der Waals surface area contributed by atoms with Gasteiger partial charge in [-0.05, 0) is 25.7 Å². The largest absolute Gasteiger partial charge is 0.445 e. The summed E-state index contributed by atoms with van der Waals surface area (Å²) in [6, 6.07) is 0. The van der Waals surface area contributed by atoms with Crippen molar-refractivity contribution in [1.82, 2.24) is 4.90 Å². The molecule has 0 aliphatic carbocycles. The van der Waals surface area contributed by atoms with Crippen molar-refractivity contribution in [3.05, 3.63) is 0 Å². The number of nitrogens with zero attached hydrogens (tertiary/aromatic N) is 1. The Balaban J connectivity index is 4.84. The number of hydrogen-bond donors (Lipinski definition) is 0. The van der Waals surface area contributed by atoms with Gasteiger partial charge in [-0.3, -0.25) is 4.79 Å². The van der Waals surface area contributed by atoms with Gasteiger partial charge in [-0.1, -0.05) is 27.7 Å². The van der Waals surface area contributed by atoms with Crippen molar-refractivity contribution >= 4 is 18.1 Å². The number of amides is 3. The lowest BCUT2D eigenvalue weighted by atomic mass is 10.1. The monoisotopic (exact) mass is 287 g/mol. The third-order valence-electron chi connectivity index (χ3n) is 3.13. The molecule has 0 saturated heterocycles. The molecule has 6 nitrogen and oxygen atoms in total. The zero-order chi connectivity index (χ0) is 16.0. The Hall–Kier alpha value is -1.59. The number of imide groups is 3. The van der Waals surface area contributed by atoms with E-state index in [1.807, 2.05) is 27.7 Å². The van der Waals surface area contributed by atoms with Crippen LogP contribution < -0.4 is 0 Å². The second kappa shape index (κ2) is 7.87. The highest BCUT2D eigenvalue weighted by molar-refractivity contribution is 6.05. The second-order valence-corrected chi connectivity index (χ2v) is 5.52. The van der Waals surface area contributed by atoms with E-state index in [-0.39, 0.29) is 11.8 Å². The predicted octanol–water partition coefficient (Wildman–Crippen LogP) is 3.20. The Morgan fingerprint density at radius 3 is 1.25 bits per heavy atom. The first-order valence-electron chi connectivity index (χ1n) is 6.79. The summed E-state index contributed by atoms with van der Waals surface area (Å²) < 4.78 is 10.1. The number of carbonyl (C=O) groups is 3. The standard InChI is InChI=1S/C14H25NO5/c1-8(2)10(5)19-13(17)15(12(7)16)14(18)20-11(6)9(3)4/h8-11H,1-7H3. The fourth-order valence-electron chi connectivity index (χ4n) is 1.03. The van der Waals surface area contributed by atoms with Crippen molar-refractivity contribution in [1.29, 1.82) is 0 Å². The van der Waals surface area contributed by atoms with Gasteiger partial charge in [-0.15, -0.1) is 4.90 Å². The molecule has 116 valence electrons. The van der Waals surface area contributed by atoms with Crippen LogP contribution in [0.1, 0.15) is 48.5 Å². The van der Waals surface area contributed by atoms with Crippen LogP contribution in [0, 0.1) is 11.8 Å². The summed E-state index contributed by atoms with van der Waals surface area (Å²) in [4.78, 5) is 35.6. The van der Waals surface area contributed by atoms with E-state index in [2.05, 4.69) is 0 Å². The average molecular weight is 287 g/mol. The zero-order valence-corrected chi connectivity index (χ0v) is 13.3. The van der Waals surface area contributed by atoms with E-state index >= 15 is 0 Å². The molecule has 0 heterocycles. The smallest absolute Gasteiger partial charge is 0.426 e. The fraction of sp³-hybridized carbons (Fsp3) is 0.786. The molecule has 2 atom stereocenters.